The van der Waals surface area contributed by atoms with Gasteiger partial charge in [0, 0.05) is 5.56 Å². The largest absolute Gasteiger partial charge is 0.289 e. The van der Waals surface area contributed by atoms with Crippen LogP contribution in [-0.2, 0) is 6.42 Å². The van der Waals surface area contributed by atoms with E-state index in [2.05, 4.69) is 19.1 Å². The number of ketones is 1. The van der Waals surface area contributed by atoms with E-state index in [0.29, 0.717) is 0 Å². The number of hydrogen-bond donors (Lipinski definition) is 0. The molecular formula is C14H16O. The summed E-state index contributed by atoms with van der Waals surface area (Å²) in [7, 11) is 0. The van der Waals surface area contributed by atoms with Crippen LogP contribution in [0.5, 0.6) is 0 Å². The van der Waals surface area contributed by atoms with Crippen molar-refractivity contribution in [2.75, 3.05) is 0 Å². The maximum atomic E-state index is 12.1. The standard InChI is InChI=1S/C14H16O/c1-2-3-6-12-10-9-11-7-4-5-8-13(11)14(12)15/h4-8H,2-3,9-10H2,1H3/b12-6+. The predicted molar refractivity (Wildman–Crippen MR) is 62.1 cm³/mol. The van der Waals surface area contributed by atoms with Crippen molar-refractivity contribution in [3.05, 3.63) is 47.0 Å². The van der Waals surface area contributed by atoms with E-state index in [9.17, 15) is 4.79 Å². The second-order valence-electron chi connectivity index (χ2n) is 4.00. The van der Waals surface area contributed by atoms with Crippen molar-refractivity contribution in [2.24, 2.45) is 0 Å². The molecule has 0 saturated heterocycles. The van der Waals surface area contributed by atoms with E-state index in [4.69, 9.17) is 0 Å². The smallest absolute Gasteiger partial charge is 0.188 e. The fourth-order valence-corrected chi connectivity index (χ4v) is 2.03. The Hall–Kier alpha value is -1.37. The summed E-state index contributed by atoms with van der Waals surface area (Å²) in [5.41, 5.74) is 3.12. The lowest BCUT2D eigenvalue weighted by Crippen LogP contribution is -2.13. The molecule has 1 heteroatoms. The Morgan fingerprint density at radius 2 is 2.07 bits per heavy atom. The van der Waals surface area contributed by atoms with Gasteiger partial charge in [-0.25, -0.2) is 0 Å². The zero-order chi connectivity index (χ0) is 10.7. The lowest BCUT2D eigenvalue weighted by Gasteiger charge is -2.16. The molecule has 0 atom stereocenters. The van der Waals surface area contributed by atoms with Gasteiger partial charge in [0.05, 0.1) is 0 Å². The highest BCUT2D eigenvalue weighted by Crippen LogP contribution is 2.25. The molecular weight excluding hydrogens is 184 g/mol. The fraction of sp³-hybridized carbons (Fsp3) is 0.357. The average Bonchev–Trinajstić information content (AvgIpc) is 2.29. The van der Waals surface area contributed by atoms with Gasteiger partial charge in [0.2, 0.25) is 0 Å². The monoisotopic (exact) mass is 200 g/mol. The first-order valence-corrected chi connectivity index (χ1v) is 5.64. The fourth-order valence-electron chi connectivity index (χ4n) is 2.03. The van der Waals surface area contributed by atoms with Crippen LogP contribution in [0.25, 0.3) is 0 Å². The van der Waals surface area contributed by atoms with Crippen molar-refractivity contribution >= 4 is 5.78 Å². The molecule has 1 nitrogen and oxygen atoms in total. The number of carbonyl (C=O) groups is 1. The van der Waals surface area contributed by atoms with Crippen molar-refractivity contribution in [3.8, 4) is 0 Å². The van der Waals surface area contributed by atoms with Crippen LogP contribution in [-0.4, -0.2) is 5.78 Å². The number of rotatable bonds is 2. The van der Waals surface area contributed by atoms with E-state index in [-0.39, 0.29) is 5.78 Å². The van der Waals surface area contributed by atoms with Crippen molar-refractivity contribution in [2.45, 2.75) is 32.6 Å². The summed E-state index contributed by atoms with van der Waals surface area (Å²) in [6.45, 7) is 2.14. The Bertz CT molecular complexity index is 402. The van der Waals surface area contributed by atoms with E-state index >= 15 is 0 Å². The zero-order valence-corrected chi connectivity index (χ0v) is 9.12. The van der Waals surface area contributed by atoms with Gasteiger partial charge in [-0.3, -0.25) is 4.79 Å². The van der Waals surface area contributed by atoms with E-state index in [1.165, 1.54) is 5.56 Å². The van der Waals surface area contributed by atoms with E-state index < -0.39 is 0 Å². The third-order valence-electron chi connectivity index (χ3n) is 2.90. The summed E-state index contributed by atoms with van der Waals surface area (Å²) in [5.74, 6) is 0.241. The molecule has 0 saturated carbocycles. The number of unbranched alkanes of at least 4 members (excludes halogenated alkanes) is 1. The summed E-state index contributed by atoms with van der Waals surface area (Å²) in [6.07, 6.45) is 6.16. The van der Waals surface area contributed by atoms with Crippen molar-refractivity contribution in [3.63, 3.8) is 0 Å². The Kier molecular flexibility index (Phi) is 3.00. The van der Waals surface area contributed by atoms with Crippen LogP contribution in [0.2, 0.25) is 0 Å². The molecule has 1 aromatic rings. The van der Waals surface area contributed by atoms with E-state index in [1.54, 1.807) is 0 Å². The molecule has 1 aromatic carbocycles. The molecule has 15 heavy (non-hydrogen) atoms. The van der Waals surface area contributed by atoms with Gasteiger partial charge in [0.1, 0.15) is 0 Å². The highest BCUT2D eigenvalue weighted by atomic mass is 16.1. The molecule has 0 aliphatic heterocycles. The molecule has 78 valence electrons. The van der Waals surface area contributed by atoms with Gasteiger partial charge < -0.3 is 0 Å². The molecule has 0 bridgehead atoms. The maximum absolute atomic E-state index is 12.1. The minimum absolute atomic E-state index is 0.241. The van der Waals surface area contributed by atoms with Gasteiger partial charge in [-0.2, -0.15) is 0 Å². The molecule has 2 rings (SSSR count). The normalized spacial score (nSPS) is 17.9. The Balaban J connectivity index is 2.30. The van der Waals surface area contributed by atoms with Gasteiger partial charge in [-0.15, -0.1) is 0 Å². The van der Waals surface area contributed by atoms with Gasteiger partial charge in [0.25, 0.3) is 0 Å². The van der Waals surface area contributed by atoms with Crippen molar-refractivity contribution < 1.29 is 4.79 Å². The van der Waals surface area contributed by atoms with Crippen LogP contribution in [0.15, 0.2) is 35.9 Å². The summed E-state index contributed by atoms with van der Waals surface area (Å²) in [6, 6.07) is 7.95. The quantitative estimate of drug-likeness (QED) is 0.667. The Morgan fingerprint density at radius 3 is 2.87 bits per heavy atom. The van der Waals surface area contributed by atoms with Gasteiger partial charge in [-0.05, 0) is 30.4 Å². The topological polar surface area (TPSA) is 17.1 Å². The lowest BCUT2D eigenvalue weighted by atomic mass is 9.86. The third-order valence-corrected chi connectivity index (χ3v) is 2.90. The van der Waals surface area contributed by atoms with E-state index in [1.807, 2.05) is 18.2 Å². The first kappa shape index (κ1) is 10.2. The maximum Gasteiger partial charge on any atom is 0.188 e. The van der Waals surface area contributed by atoms with Crippen LogP contribution in [0.1, 0.15) is 42.1 Å². The number of carbonyl (C=O) groups excluding carboxylic acids is 1. The van der Waals surface area contributed by atoms with Crippen LogP contribution >= 0.6 is 0 Å². The number of aryl methyl sites for hydroxylation is 1. The van der Waals surface area contributed by atoms with Crippen molar-refractivity contribution in [1.29, 1.82) is 0 Å². The van der Waals surface area contributed by atoms with Gasteiger partial charge in [0.15, 0.2) is 5.78 Å². The molecule has 0 amide bonds. The Labute approximate surface area is 90.8 Å². The molecule has 0 aromatic heterocycles. The molecule has 0 N–H and O–H groups in total. The first-order valence-electron chi connectivity index (χ1n) is 5.64. The Morgan fingerprint density at radius 1 is 1.27 bits per heavy atom. The summed E-state index contributed by atoms with van der Waals surface area (Å²) in [4.78, 5) is 12.1. The zero-order valence-electron chi connectivity index (χ0n) is 9.12. The summed E-state index contributed by atoms with van der Waals surface area (Å²) in [5, 5.41) is 0. The minimum Gasteiger partial charge on any atom is -0.289 e. The lowest BCUT2D eigenvalue weighted by molar-refractivity contribution is 0.102. The van der Waals surface area contributed by atoms with Crippen LogP contribution in [0, 0.1) is 0 Å². The average molecular weight is 200 g/mol. The van der Waals surface area contributed by atoms with Crippen LogP contribution in [0.3, 0.4) is 0 Å². The molecule has 1 aliphatic rings. The molecule has 0 unspecified atom stereocenters. The molecule has 0 spiro atoms. The van der Waals surface area contributed by atoms with Gasteiger partial charge >= 0.3 is 0 Å². The number of fused-ring (bicyclic) bond motifs is 1. The molecule has 0 radical (unpaired) electrons. The predicted octanol–water partition coefficient (Wildman–Crippen LogP) is 3.54. The minimum atomic E-state index is 0.241. The van der Waals surface area contributed by atoms with Crippen LogP contribution in [0.4, 0.5) is 0 Å². The highest BCUT2D eigenvalue weighted by Gasteiger charge is 2.20. The van der Waals surface area contributed by atoms with Crippen LogP contribution < -0.4 is 0 Å². The molecule has 0 heterocycles. The second-order valence-corrected chi connectivity index (χ2v) is 4.00. The SMILES string of the molecule is CCC/C=C1\CCc2ccccc2C1=O. The second kappa shape index (κ2) is 4.43. The third kappa shape index (κ3) is 2.01. The summed E-state index contributed by atoms with van der Waals surface area (Å²) < 4.78 is 0. The number of hydrogen-bond acceptors (Lipinski definition) is 1. The molecule has 0 fully saturated rings. The number of allylic oxidation sites excluding steroid dienone is 2. The highest BCUT2D eigenvalue weighted by molar-refractivity contribution is 6.10. The van der Waals surface area contributed by atoms with Gasteiger partial charge in [-0.1, -0.05) is 43.7 Å². The first-order chi connectivity index (χ1) is 7.33. The summed E-state index contributed by atoms with van der Waals surface area (Å²) >= 11 is 0. The van der Waals surface area contributed by atoms with Crippen molar-refractivity contribution in [1.82, 2.24) is 0 Å². The number of benzene rings is 1. The van der Waals surface area contributed by atoms with E-state index in [0.717, 1.165) is 36.8 Å². The number of Topliss-reactive ketones (excluding diaryl/α,β-unsaturated/α-hetero) is 1. The molecule has 1 aliphatic carbocycles.